The summed E-state index contributed by atoms with van der Waals surface area (Å²) in [5.74, 6) is 1.38. The molecule has 0 N–H and O–H groups in total. The number of nitrogens with zero attached hydrogens (tertiary/aromatic N) is 1. The zero-order chi connectivity index (χ0) is 20.1. The van der Waals surface area contributed by atoms with Crippen molar-refractivity contribution in [2.75, 3.05) is 35.0 Å². The van der Waals surface area contributed by atoms with Crippen molar-refractivity contribution in [1.82, 2.24) is 4.90 Å². The molecule has 1 saturated heterocycles. The van der Waals surface area contributed by atoms with E-state index < -0.39 is 11.5 Å². The van der Waals surface area contributed by atoms with Crippen molar-refractivity contribution in [3.8, 4) is 11.5 Å². The van der Waals surface area contributed by atoms with Crippen LogP contribution >= 0.6 is 0 Å². The molecule has 7 nitrogen and oxygen atoms in total. The van der Waals surface area contributed by atoms with E-state index in [2.05, 4.69) is 0 Å². The Bertz CT molecular complexity index is 918. The van der Waals surface area contributed by atoms with Crippen molar-refractivity contribution in [1.29, 1.82) is 0 Å². The van der Waals surface area contributed by atoms with Gasteiger partial charge in [-0.25, -0.2) is 4.79 Å². The second kappa shape index (κ2) is 6.58. The highest BCUT2D eigenvalue weighted by Gasteiger charge is 2.54. The SMILES string of the molecule is COC(=O)N1CCC23C=C(OC)C(=O)C=C2C1Cc1ccc(OC)c(OC)c13. The van der Waals surface area contributed by atoms with Crippen LogP contribution in [0.3, 0.4) is 0 Å². The monoisotopic (exact) mass is 385 g/mol. The maximum Gasteiger partial charge on any atom is 0.409 e. The molecule has 1 aliphatic heterocycles. The second-order valence-corrected chi connectivity index (χ2v) is 7.12. The number of fused-ring (bicyclic) bond motifs is 1. The predicted molar refractivity (Wildman–Crippen MR) is 101 cm³/mol. The van der Waals surface area contributed by atoms with E-state index in [1.165, 1.54) is 14.2 Å². The van der Waals surface area contributed by atoms with Crippen molar-refractivity contribution in [2.45, 2.75) is 24.3 Å². The van der Waals surface area contributed by atoms with Crippen LogP contribution < -0.4 is 9.47 Å². The molecule has 148 valence electrons. The Balaban J connectivity index is 2.00. The molecule has 2 unspecified atom stereocenters. The molecule has 3 aliphatic rings. The van der Waals surface area contributed by atoms with Crippen LogP contribution in [0.5, 0.6) is 11.5 Å². The largest absolute Gasteiger partial charge is 0.493 e. The van der Waals surface area contributed by atoms with Crippen LogP contribution in [-0.4, -0.2) is 57.8 Å². The number of amides is 1. The van der Waals surface area contributed by atoms with E-state index >= 15 is 0 Å². The van der Waals surface area contributed by atoms with E-state index in [4.69, 9.17) is 18.9 Å². The normalized spacial score (nSPS) is 25.1. The number of hydrogen-bond donors (Lipinski definition) is 0. The van der Waals surface area contributed by atoms with Gasteiger partial charge in [-0.05, 0) is 42.2 Å². The minimum Gasteiger partial charge on any atom is -0.493 e. The number of methoxy groups -OCH3 is 4. The molecular formula is C21H23NO6. The lowest BCUT2D eigenvalue weighted by molar-refractivity contribution is -0.114. The number of carbonyl (C=O) groups excluding carboxylic acids is 2. The molecule has 0 aromatic heterocycles. The highest BCUT2D eigenvalue weighted by atomic mass is 16.5. The zero-order valence-corrected chi connectivity index (χ0v) is 16.4. The van der Waals surface area contributed by atoms with Crippen LogP contribution in [-0.2, 0) is 26.1 Å². The lowest BCUT2D eigenvalue weighted by Crippen LogP contribution is -2.57. The molecule has 1 heterocycles. The van der Waals surface area contributed by atoms with Crippen molar-refractivity contribution >= 4 is 11.9 Å². The number of allylic oxidation sites excluding steroid dienone is 2. The number of piperidine rings is 1. The van der Waals surface area contributed by atoms with E-state index in [-0.39, 0.29) is 11.8 Å². The van der Waals surface area contributed by atoms with Crippen LogP contribution in [0.1, 0.15) is 17.5 Å². The molecule has 0 spiro atoms. The molecule has 2 aliphatic carbocycles. The van der Waals surface area contributed by atoms with Crippen molar-refractivity contribution < 1.29 is 28.5 Å². The summed E-state index contributed by atoms with van der Waals surface area (Å²) >= 11 is 0. The van der Waals surface area contributed by atoms with Crippen LogP contribution in [0.4, 0.5) is 4.79 Å². The highest BCUT2D eigenvalue weighted by molar-refractivity contribution is 6.05. The molecule has 1 aromatic carbocycles. The van der Waals surface area contributed by atoms with Gasteiger partial charge >= 0.3 is 6.09 Å². The zero-order valence-electron chi connectivity index (χ0n) is 16.4. The third kappa shape index (κ3) is 2.35. The van der Waals surface area contributed by atoms with Gasteiger partial charge in [-0.15, -0.1) is 0 Å². The van der Waals surface area contributed by atoms with Crippen molar-refractivity contribution in [2.24, 2.45) is 0 Å². The Labute approximate surface area is 163 Å². The number of hydrogen-bond acceptors (Lipinski definition) is 6. The fourth-order valence-corrected chi connectivity index (χ4v) is 4.84. The lowest BCUT2D eigenvalue weighted by Gasteiger charge is -2.52. The van der Waals surface area contributed by atoms with Crippen LogP contribution in [0.25, 0.3) is 0 Å². The number of ketones is 1. The van der Waals surface area contributed by atoms with Gasteiger partial charge in [-0.1, -0.05) is 6.07 Å². The Morgan fingerprint density at radius 1 is 1.14 bits per heavy atom. The van der Waals surface area contributed by atoms with Gasteiger partial charge < -0.3 is 23.8 Å². The Morgan fingerprint density at radius 3 is 2.57 bits per heavy atom. The van der Waals surface area contributed by atoms with Gasteiger partial charge in [-0.2, -0.15) is 0 Å². The summed E-state index contributed by atoms with van der Waals surface area (Å²) in [7, 11) is 6.08. The first-order valence-corrected chi connectivity index (χ1v) is 9.13. The van der Waals surface area contributed by atoms with Gasteiger partial charge in [0.15, 0.2) is 17.3 Å². The van der Waals surface area contributed by atoms with Gasteiger partial charge in [0.1, 0.15) is 0 Å². The maximum absolute atomic E-state index is 12.6. The molecule has 28 heavy (non-hydrogen) atoms. The summed E-state index contributed by atoms with van der Waals surface area (Å²) in [6.45, 7) is 0.496. The molecule has 0 saturated carbocycles. The Kier molecular flexibility index (Phi) is 4.33. The van der Waals surface area contributed by atoms with Crippen molar-refractivity contribution in [3.05, 3.63) is 46.7 Å². The van der Waals surface area contributed by atoms with E-state index in [9.17, 15) is 9.59 Å². The average molecular weight is 385 g/mol. The predicted octanol–water partition coefficient (Wildman–Crippen LogP) is 2.38. The Morgan fingerprint density at radius 2 is 1.93 bits per heavy atom. The standard InChI is InChI=1S/C21H23NO6/c1-25-16-6-5-12-9-14-13-10-15(23)17(26-2)11-21(13,18(12)19(16)27-3)7-8-22(14)20(24)28-4/h5-6,10-11,14H,7-9H2,1-4H3. The van der Waals surface area contributed by atoms with Gasteiger partial charge in [0, 0.05) is 17.5 Å². The lowest BCUT2D eigenvalue weighted by atomic mass is 9.58. The van der Waals surface area contributed by atoms with Gasteiger partial charge in [0.25, 0.3) is 0 Å². The van der Waals surface area contributed by atoms with Gasteiger partial charge in [0.05, 0.1) is 34.5 Å². The quantitative estimate of drug-likeness (QED) is 0.795. The van der Waals surface area contributed by atoms with Crippen molar-refractivity contribution in [3.63, 3.8) is 0 Å². The third-order valence-corrected chi connectivity index (χ3v) is 6.02. The second-order valence-electron chi connectivity index (χ2n) is 7.12. The van der Waals surface area contributed by atoms with E-state index in [0.717, 1.165) is 16.7 Å². The molecular weight excluding hydrogens is 362 g/mol. The summed E-state index contributed by atoms with van der Waals surface area (Å²) in [6, 6.07) is 3.61. The fourth-order valence-electron chi connectivity index (χ4n) is 4.84. The molecule has 4 rings (SSSR count). The summed E-state index contributed by atoms with van der Waals surface area (Å²) < 4.78 is 21.6. The number of likely N-dealkylation sites (tertiary alicyclic amines) is 1. The fraction of sp³-hybridized carbons (Fsp3) is 0.429. The minimum atomic E-state index is -0.595. The number of carbonyl (C=O) groups is 2. The average Bonchev–Trinajstić information content (AvgIpc) is 2.71. The van der Waals surface area contributed by atoms with Crippen LogP contribution in [0.15, 0.2) is 35.6 Å². The molecule has 1 fully saturated rings. The highest BCUT2D eigenvalue weighted by Crippen LogP contribution is 2.56. The van der Waals surface area contributed by atoms with Crippen LogP contribution in [0.2, 0.25) is 0 Å². The first-order valence-electron chi connectivity index (χ1n) is 9.13. The molecule has 2 bridgehead atoms. The Hall–Kier alpha value is -2.96. The maximum atomic E-state index is 12.6. The minimum absolute atomic E-state index is 0.199. The van der Waals surface area contributed by atoms with Gasteiger partial charge in [0.2, 0.25) is 5.78 Å². The number of benzene rings is 1. The first-order chi connectivity index (χ1) is 13.5. The number of ether oxygens (including phenoxy) is 4. The third-order valence-electron chi connectivity index (χ3n) is 6.02. The van der Waals surface area contributed by atoms with Crippen LogP contribution in [0, 0.1) is 0 Å². The van der Waals surface area contributed by atoms with E-state index in [0.29, 0.717) is 36.6 Å². The first kappa shape index (κ1) is 18.4. The van der Waals surface area contributed by atoms with E-state index in [1.54, 1.807) is 25.2 Å². The molecule has 1 aromatic rings. The molecule has 2 atom stereocenters. The number of rotatable bonds is 3. The summed E-state index contributed by atoms with van der Waals surface area (Å²) in [5.41, 5.74) is 2.30. The topological polar surface area (TPSA) is 74.3 Å². The summed E-state index contributed by atoms with van der Waals surface area (Å²) in [5, 5.41) is 0. The summed E-state index contributed by atoms with van der Waals surface area (Å²) in [4.78, 5) is 26.7. The molecule has 0 radical (unpaired) electrons. The van der Waals surface area contributed by atoms with E-state index in [1.807, 2.05) is 18.2 Å². The molecule has 7 heteroatoms. The summed E-state index contributed by atoms with van der Waals surface area (Å²) in [6.07, 6.45) is 4.26. The molecule has 1 amide bonds. The smallest absolute Gasteiger partial charge is 0.409 e. The van der Waals surface area contributed by atoms with Gasteiger partial charge in [-0.3, -0.25) is 4.79 Å².